The number of ether oxygens (including phenoxy) is 1. The van der Waals surface area contributed by atoms with Crippen molar-refractivity contribution in [2.24, 2.45) is 0 Å². The van der Waals surface area contributed by atoms with E-state index in [9.17, 15) is 4.79 Å². The molecule has 0 aliphatic rings. The molecule has 0 spiro atoms. The fourth-order valence-corrected chi connectivity index (χ4v) is 2.13. The van der Waals surface area contributed by atoms with Gasteiger partial charge in [-0.25, -0.2) is 14.8 Å². The molecule has 0 aliphatic carbocycles. The van der Waals surface area contributed by atoms with Crippen molar-refractivity contribution in [3.63, 3.8) is 0 Å². The number of rotatable bonds is 3. The van der Waals surface area contributed by atoms with Gasteiger partial charge in [-0.15, -0.1) is 0 Å². The highest BCUT2D eigenvalue weighted by molar-refractivity contribution is 5.91. The molecule has 1 aromatic carbocycles. The molecular formula is C15H13N5O3. The maximum Gasteiger partial charge on any atom is 0.410 e. The number of nitrogens with two attached hydrogens (primary N) is 1. The Bertz CT molecular complexity index is 897. The van der Waals surface area contributed by atoms with Crippen molar-refractivity contribution in [1.29, 1.82) is 0 Å². The van der Waals surface area contributed by atoms with Crippen LogP contribution in [0, 0.1) is 0 Å². The molecule has 3 rings (SSSR count). The van der Waals surface area contributed by atoms with Crippen LogP contribution in [0.15, 0.2) is 36.5 Å². The van der Waals surface area contributed by atoms with Crippen LogP contribution in [0.1, 0.15) is 0 Å². The first-order valence-electron chi connectivity index (χ1n) is 6.64. The standard InChI is InChI=1S/C15H13N5O3/c1-23-9-4-2-3-8(5-9)11-7-17-10-6-12(20-15(21)22)19-14(16)13(10)18-11/h2-7H,1H3,(H,21,22)(H3,16,19,20). The number of amides is 1. The van der Waals surface area contributed by atoms with Crippen LogP contribution in [0.2, 0.25) is 0 Å². The van der Waals surface area contributed by atoms with Crippen molar-refractivity contribution >= 4 is 28.8 Å². The minimum absolute atomic E-state index is 0.100. The summed E-state index contributed by atoms with van der Waals surface area (Å²) in [5.41, 5.74) is 8.16. The largest absolute Gasteiger partial charge is 0.497 e. The summed E-state index contributed by atoms with van der Waals surface area (Å²) in [7, 11) is 1.59. The van der Waals surface area contributed by atoms with Crippen molar-refractivity contribution < 1.29 is 14.6 Å². The second kappa shape index (κ2) is 5.76. The van der Waals surface area contributed by atoms with E-state index in [2.05, 4.69) is 20.3 Å². The molecule has 0 radical (unpaired) electrons. The molecule has 0 unspecified atom stereocenters. The number of anilines is 2. The number of nitrogens with one attached hydrogen (secondary N) is 1. The number of methoxy groups -OCH3 is 1. The number of fused-ring (bicyclic) bond motifs is 1. The highest BCUT2D eigenvalue weighted by atomic mass is 16.5. The van der Waals surface area contributed by atoms with Crippen LogP contribution < -0.4 is 15.8 Å². The van der Waals surface area contributed by atoms with Gasteiger partial charge in [0.05, 0.1) is 24.5 Å². The van der Waals surface area contributed by atoms with E-state index >= 15 is 0 Å². The summed E-state index contributed by atoms with van der Waals surface area (Å²) in [6, 6.07) is 8.86. The molecule has 116 valence electrons. The van der Waals surface area contributed by atoms with Crippen LogP contribution in [-0.4, -0.2) is 33.3 Å². The summed E-state index contributed by atoms with van der Waals surface area (Å²) in [6.45, 7) is 0. The molecule has 2 aromatic heterocycles. The zero-order valence-electron chi connectivity index (χ0n) is 12.1. The van der Waals surface area contributed by atoms with E-state index in [0.717, 1.165) is 5.56 Å². The number of carboxylic acid groups (broad SMARTS) is 1. The lowest BCUT2D eigenvalue weighted by Crippen LogP contribution is -2.10. The van der Waals surface area contributed by atoms with Gasteiger partial charge in [-0.3, -0.25) is 10.3 Å². The molecular weight excluding hydrogens is 298 g/mol. The molecule has 1 amide bonds. The highest BCUT2D eigenvalue weighted by Gasteiger charge is 2.10. The van der Waals surface area contributed by atoms with Crippen LogP contribution in [0.5, 0.6) is 5.75 Å². The summed E-state index contributed by atoms with van der Waals surface area (Å²) < 4.78 is 5.19. The predicted molar refractivity (Wildman–Crippen MR) is 85.4 cm³/mol. The van der Waals surface area contributed by atoms with Gasteiger partial charge >= 0.3 is 6.09 Å². The second-order valence-corrected chi connectivity index (χ2v) is 4.68. The van der Waals surface area contributed by atoms with Crippen LogP contribution in [0.3, 0.4) is 0 Å². The zero-order chi connectivity index (χ0) is 16.4. The summed E-state index contributed by atoms with van der Waals surface area (Å²) in [5, 5.41) is 10.9. The number of nitrogens with zero attached hydrogens (tertiary/aromatic N) is 3. The fraction of sp³-hybridized carbons (Fsp3) is 0.0667. The Labute approximate surface area is 131 Å². The number of hydrogen-bond donors (Lipinski definition) is 3. The van der Waals surface area contributed by atoms with Crippen molar-refractivity contribution in [2.45, 2.75) is 0 Å². The molecule has 0 saturated heterocycles. The summed E-state index contributed by atoms with van der Waals surface area (Å²) in [5.74, 6) is 0.908. The first kappa shape index (κ1) is 14.5. The van der Waals surface area contributed by atoms with Crippen LogP contribution >= 0.6 is 0 Å². The third-order valence-corrected chi connectivity index (χ3v) is 3.16. The lowest BCUT2D eigenvalue weighted by molar-refractivity contribution is 0.209. The van der Waals surface area contributed by atoms with Crippen LogP contribution in [-0.2, 0) is 0 Å². The topological polar surface area (TPSA) is 123 Å². The second-order valence-electron chi connectivity index (χ2n) is 4.68. The smallest absolute Gasteiger partial charge is 0.410 e. The Morgan fingerprint density at radius 3 is 2.87 bits per heavy atom. The van der Waals surface area contributed by atoms with Gasteiger partial charge in [-0.05, 0) is 12.1 Å². The van der Waals surface area contributed by atoms with Gasteiger partial charge in [-0.1, -0.05) is 12.1 Å². The number of pyridine rings is 1. The monoisotopic (exact) mass is 311 g/mol. The molecule has 3 aromatic rings. The van der Waals surface area contributed by atoms with Crippen molar-refractivity contribution in [3.05, 3.63) is 36.5 Å². The first-order chi connectivity index (χ1) is 11.1. The van der Waals surface area contributed by atoms with Gasteiger partial charge in [0.25, 0.3) is 0 Å². The van der Waals surface area contributed by atoms with Gasteiger partial charge < -0.3 is 15.6 Å². The summed E-state index contributed by atoms with van der Waals surface area (Å²) in [6.07, 6.45) is 0.360. The average Bonchev–Trinajstić information content (AvgIpc) is 2.54. The molecule has 8 nitrogen and oxygen atoms in total. The summed E-state index contributed by atoms with van der Waals surface area (Å²) >= 11 is 0. The number of carbonyl (C=O) groups is 1. The van der Waals surface area contributed by atoms with Crippen LogP contribution in [0.4, 0.5) is 16.4 Å². The van der Waals surface area contributed by atoms with Gasteiger partial charge in [0, 0.05) is 11.6 Å². The van der Waals surface area contributed by atoms with E-state index in [1.54, 1.807) is 13.3 Å². The third-order valence-electron chi connectivity index (χ3n) is 3.16. The van der Waals surface area contributed by atoms with E-state index in [1.807, 2.05) is 24.3 Å². The summed E-state index contributed by atoms with van der Waals surface area (Å²) in [4.78, 5) is 23.4. The molecule has 4 N–H and O–H groups in total. The Balaban J connectivity index is 2.08. The maximum atomic E-state index is 10.7. The van der Waals surface area contributed by atoms with E-state index in [0.29, 0.717) is 22.5 Å². The van der Waals surface area contributed by atoms with Crippen molar-refractivity contribution in [1.82, 2.24) is 15.0 Å². The number of hydrogen-bond acceptors (Lipinski definition) is 6. The number of benzene rings is 1. The molecule has 2 heterocycles. The van der Waals surface area contributed by atoms with E-state index < -0.39 is 6.09 Å². The normalized spacial score (nSPS) is 10.5. The molecule has 0 aliphatic heterocycles. The maximum absolute atomic E-state index is 10.7. The van der Waals surface area contributed by atoms with Crippen LogP contribution in [0.25, 0.3) is 22.3 Å². The zero-order valence-corrected chi connectivity index (χ0v) is 12.1. The van der Waals surface area contributed by atoms with Crippen molar-refractivity contribution in [2.75, 3.05) is 18.2 Å². The predicted octanol–water partition coefficient (Wildman–Crippen LogP) is 2.37. The Morgan fingerprint density at radius 2 is 2.13 bits per heavy atom. The van der Waals surface area contributed by atoms with Gasteiger partial charge in [0.2, 0.25) is 0 Å². The average molecular weight is 311 g/mol. The Morgan fingerprint density at radius 1 is 1.30 bits per heavy atom. The van der Waals surface area contributed by atoms with Gasteiger partial charge in [0.1, 0.15) is 17.1 Å². The highest BCUT2D eigenvalue weighted by Crippen LogP contribution is 2.25. The molecule has 0 atom stereocenters. The minimum Gasteiger partial charge on any atom is -0.497 e. The lowest BCUT2D eigenvalue weighted by Gasteiger charge is -2.07. The number of aromatic nitrogens is 3. The lowest BCUT2D eigenvalue weighted by atomic mass is 10.1. The SMILES string of the molecule is COc1cccc(-c2cnc3cc(NC(=O)O)nc(N)c3n2)c1. The molecule has 0 fully saturated rings. The number of nitrogen functional groups attached to an aromatic ring is 1. The van der Waals surface area contributed by atoms with E-state index in [4.69, 9.17) is 15.6 Å². The molecule has 23 heavy (non-hydrogen) atoms. The first-order valence-corrected chi connectivity index (χ1v) is 6.64. The third kappa shape index (κ3) is 2.95. The molecule has 8 heteroatoms. The van der Waals surface area contributed by atoms with E-state index in [1.165, 1.54) is 6.07 Å². The molecule has 0 saturated carbocycles. The quantitative estimate of drug-likeness (QED) is 0.678. The Hall–Kier alpha value is -3.42. The Kier molecular flexibility index (Phi) is 3.63. The molecule has 0 bridgehead atoms. The van der Waals surface area contributed by atoms with E-state index in [-0.39, 0.29) is 11.6 Å². The minimum atomic E-state index is -1.22. The van der Waals surface area contributed by atoms with Gasteiger partial charge in [0.15, 0.2) is 5.82 Å². The van der Waals surface area contributed by atoms with Crippen molar-refractivity contribution in [3.8, 4) is 17.0 Å². The van der Waals surface area contributed by atoms with Gasteiger partial charge in [-0.2, -0.15) is 0 Å². The fourth-order valence-electron chi connectivity index (χ4n) is 2.13.